The zero-order valence-electron chi connectivity index (χ0n) is 11.2. The standard InChI is InChI=1S/C13H19N3O3S/c17-10-7-11(18)16-13(15-10)20-8-12(19)14-9-5-3-1-2-4-6-9/h7,9H,1-6,8H2,(H,14,19)(H2,15,16,17,18). The summed E-state index contributed by atoms with van der Waals surface area (Å²) in [5.74, 6) is -0.212. The quantitative estimate of drug-likeness (QED) is 0.444. The highest BCUT2D eigenvalue weighted by Gasteiger charge is 2.15. The topological polar surface area (TPSA) is 95.1 Å². The second-order valence-corrected chi connectivity index (χ2v) is 5.92. The molecule has 0 saturated heterocycles. The molecule has 1 saturated carbocycles. The van der Waals surface area contributed by atoms with Crippen molar-refractivity contribution in [1.29, 1.82) is 0 Å². The number of nitrogens with zero attached hydrogens (tertiary/aromatic N) is 1. The molecule has 1 heterocycles. The van der Waals surface area contributed by atoms with Crippen molar-refractivity contribution in [1.82, 2.24) is 15.3 Å². The first-order valence-electron chi connectivity index (χ1n) is 6.86. The van der Waals surface area contributed by atoms with E-state index in [-0.39, 0.29) is 28.7 Å². The lowest BCUT2D eigenvalue weighted by atomic mass is 10.1. The fourth-order valence-corrected chi connectivity index (χ4v) is 3.00. The van der Waals surface area contributed by atoms with Crippen LogP contribution in [0.15, 0.2) is 16.0 Å². The average molecular weight is 297 g/mol. The van der Waals surface area contributed by atoms with E-state index in [1.54, 1.807) is 0 Å². The van der Waals surface area contributed by atoms with Gasteiger partial charge in [0, 0.05) is 6.04 Å². The third-order valence-corrected chi connectivity index (χ3v) is 4.14. The maximum Gasteiger partial charge on any atom is 0.255 e. The minimum absolute atomic E-state index is 0.0621. The summed E-state index contributed by atoms with van der Waals surface area (Å²) in [6.07, 6.45) is 6.90. The SMILES string of the molecule is O=C(CSc1nc(O)cc(=O)[nH]1)NC1CCCCCC1. The number of nitrogens with one attached hydrogen (secondary N) is 2. The van der Waals surface area contributed by atoms with E-state index in [4.69, 9.17) is 0 Å². The summed E-state index contributed by atoms with van der Waals surface area (Å²) in [5, 5.41) is 12.5. The predicted molar refractivity (Wildman–Crippen MR) is 76.9 cm³/mol. The first-order valence-corrected chi connectivity index (χ1v) is 7.84. The molecule has 0 aliphatic heterocycles. The molecule has 2 rings (SSSR count). The summed E-state index contributed by atoms with van der Waals surface area (Å²) in [5.41, 5.74) is -0.427. The van der Waals surface area contributed by atoms with Crippen molar-refractivity contribution in [3.05, 3.63) is 16.4 Å². The molecule has 1 aromatic rings. The van der Waals surface area contributed by atoms with E-state index in [0.717, 1.165) is 30.7 Å². The first kappa shape index (κ1) is 14.9. The van der Waals surface area contributed by atoms with Crippen molar-refractivity contribution in [2.45, 2.75) is 49.7 Å². The molecule has 3 N–H and O–H groups in total. The van der Waals surface area contributed by atoms with Crippen LogP contribution in [0.2, 0.25) is 0 Å². The van der Waals surface area contributed by atoms with E-state index < -0.39 is 5.56 Å². The van der Waals surface area contributed by atoms with Crippen LogP contribution >= 0.6 is 11.8 Å². The summed E-state index contributed by atoms with van der Waals surface area (Å²) in [6, 6.07) is 1.26. The summed E-state index contributed by atoms with van der Waals surface area (Å²) in [7, 11) is 0. The molecule has 1 fully saturated rings. The van der Waals surface area contributed by atoms with Crippen LogP contribution in [0.4, 0.5) is 0 Å². The molecule has 0 radical (unpaired) electrons. The third kappa shape index (κ3) is 4.88. The van der Waals surface area contributed by atoms with Crippen molar-refractivity contribution in [3.63, 3.8) is 0 Å². The van der Waals surface area contributed by atoms with Gasteiger partial charge < -0.3 is 15.4 Å². The fraction of sp³-hybridized carbons (Fsp3) is 0.615. The van der Waals surface area contributed by atoms with E-state index in [1.807, 2.05) is 0 Å². The van der Waals surface area contributed by atoms with Crippen molar-refractivity contribution in [2.24, 2.45) is 0 Å². The average Bonchev–Trinajstić information content (AvgIpc) is 2.64. The number of aromatic amines is 1. The third-order valence-electron chi connectivity index (χ3n) is 3.27. The molecular weight excluding hydrogens is 278 g/mol. The summed E-state index contributed by atoms with van der Waals surface area (Å²) < 4.78 is 0. The maximum absolute atomic E-state index is 11.9. The van der Waals surface area contributed by atoms with Crippen LogP contribution in [0.1, 0.15) is 38.5 Å². The van der Waals surface area contributed by atoms with Crippen molar-refractivity contribution in [3.8, 4) is 5.88 Å². The lowest BCUT2D eigenvalue weighted by Gasteiger charge is -2.15. The number of carbonyl (C=O) groups excluding carboxylic acids is 1. The summed E-state index contributed by atoms with van der Waals surface area (Å²) in [6.45, 7) is 0. The van der Waals surface area contributed by atoms with E-state index in [1.165, 1.54) is 25.7 Å². The van der Waals surface area contributed by atoms with Gasteiger partial charge in [0.15, 0.2) is 5.16 Å². The molecule has 0 atom stereocenters. The van der Waals surface area contributed by atoms with Gasteiger partial charge in [-0.15, -0.1) is 0 Å². The second-order valence-electron chi connectivity index (χ2n) is 4.95. The Labute approximate surface area is 121 Å². The number of carbonyl (C=O) groups is 1. The number of rotatable bonds is 4. The van der Waals surface area contributed by atoms with Gasteiger partial charge in [-0.1, -0.05) is 37.4 Å². The van der Waals surface area contributed by atoms with Crippen molar-refractivity contribution >= 4 is 17.7 Å². The van der Waals surface area contributed by atoms with Crippen LogP contribution in [0.3, 0.4) is 0 Å². The number of amides is 1. The van der Waals surface area contributed by atoms with Crippen LogP contribution in [-0.4, -0.2) is 32.8 Å². The smallest absolute Gasteiger partial charge is 0.255 e. The van der Waals surface area contributed by atoms with Crippen molar-refractivity contribution in [2.75, 3.05) is 5.75 Å². The second kappa shape index (κ2) is 7.33. The van der Waals surface area contributed by atoms with Gasteiger partial charge in [0.2, 0.25) is 11.8 Å². The van der Waals surface area contributed by atoms with Gasteiger partial charge in [0.1, 0.15) is 0 Å². The van der Waals surface area contributed by atoms with E-state index in [0.29, 0.717) is 0 Å². The Kier molecular flexibility index (Phi) is 5.46. The highest BCUT2D eigenvalue weighted by Crippen LogP contribution is 2.18. The molecular formula is C13H19N3O3S. The Bertz CT molecular complexity index is 510. The molecule has 1 aliphatic rings. The van der Waals surface area contributed by atoms with Gasteiger partial charge >= 0.3 is 0 Å². The van der Waals surface area contributed by atoms with Crippen LogP contribution in [0.25, 0.3) is 0 Å². The zero-order chi connectivity index (χ0) is 14.4. The van der Waals surface area contributed by atoms with Gasteiger partial charge in [-0.05, 0) is 12.8 Å². The first-order chi connectivity index (χ1) is 9.63. The minimum Gasteiger partial charge on any atom is -0.493 e. The number of hydrogen-bond donors (Lipinski definition) is 3. The summed E-state index contributed by atoms with van der Waals surface area (Å²) >= 11 is 1.11. The molecule has 1 aliphatic carbocycles. The van der Waals surface area contributed by atoms with Crippen molar-refractivity contribution < 1.29 is 9.90 Å². The van der Waals surface area contributed by atoms with Gasteiger partial charge in [0.05, 0.1) is 11.8 Å². The zero-order valence-corrected chi connectivity index (χ0v) is 12.0. The van der Waals surface area contributed by atoms with Gasteiger partial charge in [-0.2, -0.15) is 4.98 Å². The van der Waals surface area contributed by atoms with Gasteiger partial charge in [0.25, 0.3) is 5.56 Å². The molecule has 110 valence electrons. The van der Waals surface area contributed by atoms with Crippen LogP contribution in [0.5, 0.6) is 5.88 Å². The molecule has 1 aromatic heterocycles. The fourth-order valence-electron chi connectivity index (χ4n) is 2.32. The minimum atomic E-state index is -0.427. The molecule has 1 amide bonds. The van der Waals surface area contributed by atoms with E-state index in [2.05, 4.69) is 15.3 Å². The number of aromatic nitrogens is 2. The monoisotopic (exact) mass is 297 g/mol. The summed E-state index contributed by atoms with van der Waals surface area (Å²) in [4.78, 5) is 29.2. The lowest BCUT2D eigenvalue weighted by molar-refractivity contribution is -0.119. The Hall–Kier alpha value is -1.50. The molecule has 7 heteroatoms. The van der Waals surface area contributed by atoms with Crippen LogP contribution < -0.4 is 10.9 Å². The number of thioether (sulfide) groups is 1. The highest BCUT2D eigenvalue weighted by atomic mass is 32.2. The Morgan fingerprint density at radius 3 is 2.75 bits per heavy atom. The maximum atomic E-state index is 11.9. The molecule has 0 unspecified atom stereocenters. The van der Waals surface area contributed by atoms with Gasteiger partial charge in [-0.3, -0.25) is 9.59 Å². The molecule has 20 heavy (non-hydrogen) atoms. The molecule has 0 aromatic carbocycles. The Morgan fingerprint density at radius 1 is 1.40 bits per heavy atom. The predicted octanol–water partition coefficient (Wildman–Crippen LogP) is 1.41. The van der Waals surface area contributed by atoms with E-state index >= 15 is 0 Å². The molecule has 0 spiro atoms. The molecule has 6 nitrogen and oxygen atoms in total. The number of hydrogen-bond acceptors (Lipinski definition) is 5. The largest absolute Gasteiger partial charge is 0.493 e. The molecule has 0 bridgehead atoms. The number of aromatic hydroxyl groups is 1. The Morgan fingerprint density at radius 2 is 2.10 bits per heavy atom. The highest BCUT2D eigenvalue weighted by molar-refractivity contribution is 7.99. The van der Waals surface area contributed by atoms with Crippen LogP contribution in [-0.2, 0) is 4.79 Å². The normalized spacial score (nSPS) is 16.6. The van der Waals surface area contributed by atoms with Crippen LogP contribution in [0, 0.1) is 0 Å². The number of H-pyrrole nitrogens is 1. The lowest BCUT2D eigenvalue weighted by Crippen LogP contribution is -2.35. The van der Waals surface area contributed by atoms with Gasteiger partial charge in [-0.25, -0.2) is 0 Å². The Balaban J connectivity index is 1.80. The van der Waals surface area contributed by atoms with E-state index in [9.17, 15) is 14.7 Å².